The maximum atomic E-state index is 11.9. The van der Waals surface area contributed by atoms with Crippen LogP contribution in [0.1, 0.15) is 24.5 Å². The summed E-state index contributed by atoms with van der Waals surface area (Å²) in [6.07, 6.45) is 0.397. The zero-order valence-electron chi connectivity index (χ0n) is 18.7. The fourth-order valence-corrected chi connectivity index (χ4v) is 3.00. The molecule has 33 heavy (non-hydrogen) atoms. The van der Waals surface area contributed by atoms with Crippen LogP contribution in [0.3, 0.4) is 0 Å². The van der Waals surface area contributed by atoms with E-state index in [1.54, 1.807) is 19.1 Å². The average molecular weight is 458 g/mol. The van der Waals surface area contributed by atoms with Gasteiger partial charge in [-0.2, -0.15) is 0 Å². The van der Waals surface area contributed by atoms with Crippen LogP contribution in [0.15, 0.2) is 54.6 Å². The van der Waals surface area contributed by atoms with Crippen molar-refractivity contribution < 1.29 is 29.0 Å². The Morgan fingerprint density at radius 2 is 1.64 bits per heavy atom. The number of carbonyl (C=O) groups excluding carboxylic acids is 2. The molecule has 0 aliphatic carbocycles. The minimum atomic E-state index is -0.855. The van der Waals surface area contributed by atoms with Crippen LogP contribution in [0.5, 0.6) is 5.75 Å². The van der Waals surface area contributed by atoms with Gasteiger partial charge in [-0.05, 0) is 36.1 Å². The zero-order valence-corrected chi connectivity index (χ0v) is 18.7. The molecule has 0 spiro atoms. The van der Waals surface area contributed by atoms with Crippen LogP contribution in [0.4, 0.5) is 4.79 Å². The Labute approximate surface area is 193 Å². The molecule has 0 aromatic heterocycles. The van der Waals surface area contributed by atoms with Gasteiger partial charge < -0.3 is 30.9 Å². The molecule has 0 heterocycles. The molecule has 0 aliphatic heterocycles. The first-order valence-corrected chi connectivity index (χ1v) is 10.7. The number of hydrogen-bond acceptors (Lipinski definition) is 6. The minimum Gasteiger partial charge on any atom is -0.484 e. The van der Waals surface area contributed by atoms with Crippen molar-refractivity contribution in [3.8, 4) is 5.75 Å². The van der Waals surface area contributed by atoms with Crippen LogP contribution in [0, 0.1) is 5.92 Å². The summed E-state index contributed by atoms with van der Waals surface area (Å²) in [6.45, 7) is 2.13. The third kappa shape index (κ3) is 10.5. The summed E-state index contributed by atoms with van der Waals surface area (Å²) in [5, 5.41) is 14.2. The summed E-state index contributed by atoms with van der Waals surface area (Å²) in [5.74, 6) is -1.13. The highest BCUT2D eigenvalue weighted by Crippen LogP contribution is 2.15. The van der Waals surface area contributed by atoms with Gasteiger partial charge in [-0.3, -0.25) is 9.59 Å². The number of amides is 2. The Balaban J connectivity index is 1.58. The second-order valence-corrected chi connectivity index (χ2v) is 7.71. The lowest BCUT2D eigenvalue weighted by molar-refractivity contribution is -0.141. The highest BCUT2D eigenvalue weighted by molar-refractivity contribution is 5.77. The molecular formula is C24H31N3O6. The smallest absolute Gasteiger partial charge is 0.407 e. The largest absolute Gasteiger partial charge is 0.484 e. The van der Waals surface area contributed by atoms with Crippen LogP contribution in [-0.2, 0) is 27.4 Å². The van der Waals surface area contributed by atoms with E-state index in [9.17, 15) is 14.4 Å². The van der Waals surface area contributed by atoms with Gasteiger partial charge in [0.05, 0.1) is 5.92 Å². The molecule has 0 saturated carbocycles. The third-order valence-electron chi connectivity index (χ3n) is 4.80. The molecule has 2 aromatic carbocycles. The number of benzene rings is 2. The lowest BCUT2D eigenvalue weighted by Gasteiger charge is -2.14. The number of aliphatic carboxylic acids is 1. The van der Waals surface area contributed by atoms with E-state index < -0.39 is 18.0 Å². The molecule has 0 bridgehead atoms. The average Bonchev–Trinajstić information content (AvgIpc) is 2.80. The Morgan fingerprint density at radius 3 is 2.30 bits per heavy atom. The normalized spacial score (nSPS) is 12.3. The molecule has 9 heteroatoms. The molecule has 2 atom stereocenters. The van der Waals surface area contributed by atoms with E-state index in [1.165, 1.54) is 0 Å². The fraction of sp³-hybridized carbons (Fsp3) is 0.375. The molecule has 178 valence electrons. The summed E-state index contributed by atoms with van der Waals surface area (Å²) >= 11 is 0. The van der Waals surface area contributed by atoms with Gasteiger partial charge in [0.15, 0.2) is 6.61 Å². The summed E-state index contributed by atoms with van der Waals surface area (Å²) in [5.41, 5.74) is 7.87. The molecule has 2 amide bonds. The molecule has 0 saturated heterocycles. The van der Waals surface area contributed by atoms with Gasteiger partial charge in [-0.25, -0.2) is 4.79 Å². The maximum absolute atomic E-state index is 11.9. The number of hydrogen-bond donors (Lipinski definition) is 4. The van der Waals surface area contributed by atoms with Gasteiger partial charge in [0.2, 0.25) is 0 Å². The number of carboxylic acids is 1. The Bertz CT molecular complexity index is 889. The molecule has 0 unspecified atom stereocenters. The minimum absolute atomic E-state index is 0.159. The first-order chi connectivity index (χ1) is 15.8. The maximum Gasteiger partial charge on any atom is 0.407 e. The number of ether oxygens (including phenoxy) is 2. The SMILES string of the molecule is C[C@@H](C[C@@H](N)Cc1ccc(OCC(=O)NCCNC(=O)OCc2ccccc2)cc1)C(=O)O. The number of carbonyl (C=O) groups is 3. The molecule has 5 N–H and O–H groups in total. The number of nitrogens with one attached hydrogen (secondary N) is 2. The van der Waals surface area contributed by atoms with Gasteiger partial charge in [-0.1, -0.05) is 49.4 Å². The third-order valence-corrected chi connectivity index (χ3v) is 4.80. The summed E-state index contributed by atoms with van der Waals surface area (Å²) in [4.78, 5) is 34.5. The number of rotatable bonds is 13. The van der Waals surface area contributed by atoms with Crippen LogP contribution in [-0.4, -0.2) is 48.8 Å². The van der Waals surface area contributed by atoms with Crippen molar-refractivity contribution in [2.75, 3.05) is 19.7 Å². The molecule has 9 nitrogen and oxygen atoms in total. The molecule has 0 fully saturated rings. The van der Waals surface area contributed by atoms with E-state index in [0.717, 1.165) is 11.1 Å². The van der Waals surface area contributed by atoms with Gasteiger partial charge in [0, 0.05) is 19.1 Å². The Hall–Kier alpha value is -3.59. The topological polar surface area (TPSA) is 140 Å². The van der Waals surface area contributed by atoms with Crippen LogP contribution in [0.25, 0.3) is 0 Å². The number of alkyl carbamates (subject to hydrolysis) is 1. The molecule has 2 aromatic rings. The van der Waals surface area contributed by atoms with Crippen LogP contribution in [0.2, 0.25) is 0 Å². The predicted octanol–water partition coefficient (Wildman–Crippen LogP) is 2.09. The molecule has 0 aliphatic rings. The standard InChI is InChI=1S/C24H31N3O6/c1-17(23(29)30)13-20(25)14-18-7-9-21(10-8-18)32-16-22(28)26-11-12-27-24(31)33-15-19-5-3-2-4-6-19/h2-10,17,20H,11-16,25H2,1H3,(H,26,28)(H,27,31)(H,29,30)/t17-,20+/m0/s1. The van der Waals surface area contributed by atoms with Gasteiger partial charge in [0.1, 0.15) is 12.4 Å². The fourth-order valence-electron chi connectivity index (χ4n) is 3.00. The van der Waals surface area contributed by atoms with Crippen molar-refractivity contribution in [1.82, 2.24) is 10.6 Å². The highest BCUT2D eigenvalue weighted by atomic mass is 16.5. The number of nitrogens with two attached hydrogens (primary N) is 1. The predicted molar refractivity (Wildman–Crippen MR) is 123 cm³/mol. The second-order valence-electron chi connectivity index (χ2n) is 7.71. The van der Waals surface area contributed by atoms with Gasteiger partial charge in [-0.15, -0.1) is 0 Å². The van der Waals surface area contributed by atoms with E-state index in [4.69, 9.17) is 20.3 Å². The van der Waals surface area contributed by atoms with E-state index >= 15 is 0 Å². The van der Waals surface area contributed by atoms with Gasteiger partial charge >= 0.3 is 12.1 Å². The van der Waals surface area contributed by atoms with E-state index in [2.05, 4.69) is 10.6 Å². The first-order valence-electron chi connectivity index (χ1n) is 10.7. The molecular weight excluding hydrogens is 426 g/mol. The lowest BCUT2D eigenvalue weighted by Crippen LogP contribution is -2.36. The monoisotopic (exact) mass is 457 g/mol. The Morgan fingerprint density at radius 1 is 0.970 bits per heavy atom. The lowest BCUT2D eigenvalue weighted by atomic mass is 9.97. The summed E-state index contributed by atoms with van der Waals surface area (Å²) in [6, 6.07) is 16.2. The summed E-state index contributed by atoms with van der Waals surface area (Å²) in [7, 11) is 0. The van der Waals surface area contributed by atoms with Crippen molar-refractivity contribution in [1.29, 1.82) is 0 Å². The molecule has 2 rings (SSSR count). The summed E-state index contributed by atoms with van der Waals surface area (Å²) < 4.78 is 10.5. The molecule has 0 radical (unpaired) electrons. The number of carboxylic acid groups (broad SMARTS) is 1. The van der Waals surface area contributed by atoms with Crippen molar-refractivity contribution in [3.05, 3.63) is 65.7 Å². The van der Waals surface area contributed by atoms with Gasteiger partial charge in [0.25, 0.3) is 5.91 Å². The Kier molecular flexibility index (Phi) is 10.7. The van der Waals surface area contributed by atoms with E-state index in [0.29, 0.717) is 18.6 Å². The zero-order chi connectivity index (χ0) is 24.1. The van der Waals surface area contributed by atoms with E-state index in [-0.39, 0.29) is 38.3 Å². The van der Waals surface area contributed by atoms with Crippen LogP contribution >= 0.6 is 0 Å². The van der Waals surface area contributed by atoms with Crippen molar-refractivity contribution in [3.63, 3.8) is 0 Å². The first kappa shape index (κ1) is 25.7. The quantitative estimate of drug-likeness (QED) is 0.338. The van der Waals surface area contributed by atoms with E-state index in [1.807, 2.05) is 42.5 Å². The van der Waals surface area contributed by atoms with Crippen LogP contribution < -0.4 is 21.1 Å². The van der Waals surface area contributed by atoms with Crippen molar-refractivity contribution in [2.24, 2.45) is 11.7 Å². The second kappa shape index (κ2) is 13.7. The van der Waals surface area contributed by atoms with Crippen molar-refractivity contribution >= 4 is 18.0 Å². The van der Waals surface area contributed by atoms with Crippen molar-refractivity contribution in [2.45, 2.75) is 32.4 Å². The highest BCUT2D eigenvalue weighted by Gasteiger charge is 2.15.